The standard InChI is InChI=1S/C15H14ClN7/c16-12-5-9(1-2-11(12)10-3-4-17-7-10)13-6-14(19-8-18-13)15-20-22-23-21-15/h1-2,5-6,8,10,17H,3-4,7H2,(H,20,21,22,23). The molecular formula is C15H14ClN7. The Morgan fingerprint density at radius 1 is 1.13 bits per heavy atom. The average molecular weight is 328 g/mol. The highest BCUT2D eigenvalue weighted by molar-refractivity contribution is 6.31. The van der Waals surface area contributed by atoms with Gasteiger partial charge in [0.05, 0.1) is 5.69 Å². The summed E-state index contributed by atoms with van der Waals surface area (Å²) in [5, 5.41) is 18.0. The second-order valence-electron chi connectivity index (χ2n) is 5.45. The lowest BCUT2D eigenvalue weighted by molar-refractivity contribution is 0.764. The van der Waals surface area contributed by atoms with Crippen LogP contribution in [0.5, 0.6) is 0 Å². The molecule has 1 fully saturated rings. The van der Waals surface area contributed by atoms with Gasteiger partial charge in [-0.3, -0.25) is 0 Å². The Hall–Kier alpha value is -2.38. The third-order valence-electron chi connectivity index (χ3n) is 4.04. The maximum absolute atomic E-state index is 6.49. The van der Waals surface area contributed by atoms with Crippen LogP contribution in [0.25, 0.3) is 22.8 Å². The van der Waals surface area contributed by atoms with Crippen LogP contribution in [-0.2, 0) is 0 Å². The van der Waals surface area contributed by atoms with E-state index in [2.05, 4.69) is 42.0 Å². The molecule has 1 atom stereocenters. The third kappa shape index (κ3) is 2.80. The molecular weight excluding hydrogens is 314 g/mol. The largest absolute Gasteiger partial charge is 0.316 e. The normalized spacial score (nSPS) is 17.5. The molecule has 2 N–H and O–H groups in total. The summed E-state index contributed by atoms with van der Waals surface area (Å²) < 4.78 is 0. The Morgan fingerprint density at radius 2 is 2.04 bits per heavy atom. The molecule has 0 aliphatic carbocycles. The Bertz CT molecular complexity index is 812. The maximum atomic E-state index is 6.49. The lowest BCUT2D eigenvalue weighted by Gasteiger charge is -2.12. The van der Waals surface area contributed by atoms with Crippen molar-refractivity contribution in [3.05, 3.63) is 41.2 Å². The van der Waals surface area contributed by atoms with Crippen molar-refractivity contribution in [3.63, 3.8) is 0 Å². The molecule has 116 valence electrons. The van der Waals surface area contributed by atoms with Crippen LogP contribution in [0.1, 0.15) is 17.9 Å². The molecule has 1 saturated heterocycles. The van der Waals surface area contributed by atoms with E-state index in [0.29, 0.717) is 17.4 Å². The van der Waals surface area contributed by atoms with E-state index in [4.69, 9.17) is 11.6 Å². The molecule has 1 aromatic carbocycles. The molecule has 0 bridgehead atoms. The highest BCUT2D eigenvalue weighted by Gasteiger charge is 2.19. The number of rotatable bonds is 3. The number of nitrogens with zero attached hydrogens (tertiary/aromatic N) is 5. The van der Waals surface area contributed by atoms with E-state index in [0.717, 1.165) is 35.8 Å². The van der Waals surface area contributed by atoms with Crippen molar-refractivity contribution in [2.75, 3.05) is 13.1 Å². The first kappa shape index (κ1) is 14.2. The minimum atomic E-state index is 0.438. The van der Waals surface area contributed by atoms with Crippen molar-refractivity contribution in [3.8, 4) is 22.8 Å². The number of hydrogen-bond acceptors (Lipinski definition) is 6. The summed E-state index contributed by atoms with van der Waals surface area (Å²) in [7, 11) is 0. The van der Waals surface area contributed by atoms with E-state index in [1.54, 1.807) is 0 Å². The second-order valence-corrected chi connectivity index (χ2v) is 5.86. The first-order chi connectivity index (χ1) is 11.3. The molecule has 0 saturated carbocycles. The van der Waals surface area contributed by atoms with Crippen molar-refractivity contribution in [2.24, 2.45) is 0 Å². The zero-order valence-corrected chi connectivity index (χ0v) is 13.0. The number of tetrazole rings is 1. The Labute approximate surface area is 137 Å². The van der Waals surface area contributed by atoms with Crippen molar-refractivity contribution in [1.29, 1.82) is 0 Å². The lowest BCUT2D eigenvalue weighted by atomic mass is 9.96. The second kappa shape index (κ2) is 6.02. The zero-order valence-electron chi connectivity index (χ0n) is 12.2. The zero-order chi connectivity index (χ0) is 15.6. The summed E-state index contributed by atoms with van der Waals surface area (Å²) in [5.74, 6) is 0.922. The van der Waals surface area contributed by atoms with Crippen molar-refractivity contribution in [2.45, 2.75) is 12.3 Å². The van der Waals surface area contributed by atoms with Crippen molar-refractivity contribution in [1.82, 2.24) is 35.9 Å². The summed E-state index contributed by atoms with van der Waals surface area (Å²) in [4.78, 5) is 8.49. The van der Waals surface area contributed by atoms with E-state index < -0.39 is 0 Å². The van der Waals surface area contributed by atoms with Gasteiger partial charge in [0.2, 0.25) is 5.82 Å². The monoisotopic (exact) mass is 327 g/mol. The Balaban J connectivity index is 1.68. The summed E-state index contributed by atoms with van der Waals surface area (Å²) >= 11 is 6.49. The summed E-state index contributed by atoms with van der Waals surface area (Å²) in [6, 6.07) is 7.91. The molecule has 1 aliphatic heterocycles. The van der Waals surface area contributed by atoms with Crippen LogP contribution >= 0.6 is 11.6 Å². The first-order valence-electron chi connectivity index (χ1n) is 7.37. The summed E-state index contributed by atoms with van der Waals surface area (Å²) in [6.07, 6.45) is 2.61. The van der Waals surface area contributed by atoms with E-state index in [1.807, 2.05) is 18.2 Å². The molecule has 3 heterocycles. The van der Waals surface area contributed by atoms with Crippen LogP contribution in [0.4, 0.5) is 0 Å². The number of aromatic nitrogens is 6. The summed E-state index contributed by atoms with van der Waals surface area (Å²) in [5.41, 5.74) is 3.52. The van der Waals surface area contributed by atoms with Gasteiger partial charge in [0, 0.05) is 17.1 Å². The van der Waals surface area contributed by atoms with Gasteiger partial charge in [0.1, 0.15) is 12.0 Å². The van der Waals surface area contributed by atoms with Crippen LogP contribution in [0.15, 0.2) is 30.6 Å². The van der Waals surface area contributed by atoms with Crippen molar-refractivity contribution >= 4 is 11.6 Å². The van der Waals surface area contributed by atoms with Gasteiger partial charge in [-0.25, -0.2) is 9.97 Å². The van der Waals surface area contributed by atoms with E-state index in [9.17, 15) is 0 Å². The highest BCUT2D eigenvalue weighted by Crippen LogP contribution is 2.32. The van der Waals surface area contributed by atoms with Crippen LogP contribution in [0, 0.1) is 0 Å². The minimum absolute atomic E-state index is 0.438. The van der Waals surface area contributed by atoms with Gasteiger partial charge in [-0.2, -0.15) is 5.21 Å². The van der Waals surface area contributed by atoms with Crippen LogP contribution in [0.2, 0.25) is 5.02 Å². The molecule has 7 nitrogen and oxygen atoms in total. The Kier molecular flexibility index (Phi) is 3.72. The number of nitrogens with one attached hydrogen (secondary N) is 2. The predicted octanol–water partition coefficient (Wildman–Crippen LogP) is 2.05. The lowest BCUT2D eigenvalue weighted by Crippen LogP contribution is -2.08. The van der Waals surface area contributed by atoms with E-state index in [1.165, 1.54) is 11.9 Å². The van der Waals surface area contributed by atoms with Gasteiger partial charge in [0.15, 0.2) is 0 Å². The van der Waals surface area contributed by atoms with Gasteiger partial charge in [0.25, 0.3) is 0 Å². The number of H-pyrrole nitrogens is 1. The van der Waals surface area contributed by atoms with Crippen LogP contribution < -0.4 is 5.32 Å². The number of aromatic amines is 1. The van der Waals surface area contributed by atoms with Gasteiger partial charge in [-0.15, -0.1) is 10.2 Å². The van der Waals surface area contributed by atoms with E-state index in [-0.39, 0.29) is 0 Å². The van der Waals surface area contributed by atoms with E-state index >= 15 is 0 Å². The molecule has 1 aliphatic rings. The fraction of sp³-hybridized carbons (Fsp3) is 0.267. The maximum Gasteiger partial charge on any atom is 0.223 e. The van der Waals surface area contributed by atoms with Crippen LogP contribution in [-0.4, -0.2) is 43.7 Å². The molecule has 0 amide bonds. The SMILES string of the molecule is Clc1cc(-c2cc(-c3nn[nH]n3)ncn2)ccc1C1CCNC1. The number of benzene rings is 1. The topological polar surface area (TPSA) is 92.3 Å². The molecule has 23 heavy (non-hydrogen) atoms. The quantitative estimate of drug-likeness (QED) is 0.765. The molecule has 4 rings (SSSR count). The first-order valence-corrected chi connectivity index (χ1v) is 7.75. The molecule has 3 aromatic rings. The number of halogens is 1. The fourth-order valence-corrected chi connectivity index (χ4v) is 3.18. The fourth-order valence-electron chi connectivity index (χ4n) is 2.85. The van der Waals surface area contributed by atoms with Gasteiger partial charge in [-0.05, 0) is 41.8 Å². The third-order valence-corrected chi connectivity index (χ3v) is 4.37. The molecule has 8 heteroatoms. The predicted molar refractivity (Wildman–Crippen MR) is 85.9 cm³/mol. The highest BCUT2D eigenvalue weighted by atomic mass is 35.5. The number of hydrogen-bond donors (Lipinski definition) is 2. The molecule has 0 spiro atoms. The smallest absolute Gasteiger partial charge is 0.223 e. The summed E-state index contributed by atoms with van der Waals surface area (Å²) in [6.45, 7) is 2.03. The van der Waals surface area contributed by atoms with Crippen molar-refractivity contribution < 1.29 is 0 Å². The molecule has 0 radical (unpaired) electrons. The Morgan fingerprint density at radius 3 is 2.78 bits per heavy atom. The molecule has 1 unspecified atom stereocenters. The van der Waals surface area contributed by atoms with Gasteiger partial charge in [-0.1, -0.05) is 23.7 Å². The molecule has 2 aromatic heterocycles. The average Bonchev–Trinajstić information content (AvgIpc) is 3.28. The van der Waals surface area contributed by atoms with Gasteiger partial charge >= 0.3 is 0 Å². The van der Waals surface area contributed by atoms with Crippen LogP contribution in [0.3, 0.4) is 0 Å². The van der Waals surface area contributed by atoms with Gasteiger partial charge < -0.3 is 5.32 Å². The minimum Gasteiger partial charge on any atom is -0.316 e.